The van der Waals surface area contributed by atoms with E-state index in [-0.39, 0.29) is 5.56 Å². The van der Waals surface area contributed by atoms with Gasteiger partial charge < -0.3 is 9.47 Å². The highest BCUT2D eigenvalue weighted by Gasteiger charge is 2.33. The third kappa shape index (κ3) is 4.13. The second-order valence-electron chi connectivity index (χ2n) is 6.86. The molecule has 1 atom stereocenters. The zero-order valence-corrected chi connectivity index (χ0v) is 20.5. The fourth-order valence-electron chi connectivity index (χ4n) is 3.43. The monoisotopic (exact) mass is 532 g/mol. The van der Waals surface area contributed by atoms with Gasteiger partial charge in [0.25, 0.3) is 5.56 Å². The molecule has 1 aliphatic rings. The Balaban J connectivity index is 1.96. The number of thiophene rings is 1. The summed E-state index contributed by atoms with van der Waals surface area (Å²) in [4.78, 5) is 43.4. The molecule has 0 unspecified atom stereocenters. The van der Waals surface area contributed by atoms with Gasteiger partial charge in [0.2, 0.25) is 0 Å². The van der Waals surface area contributed by atoms with Gasteiger partial charge in [0, 0.05) is 21.8 Å². The summed E-state index contributed by atoms with van der Waals surface area (Å²) in [6, 6.07) is 8.28. The minimum atomic E-state index is -0.628. The van der Waals surface area contributed by atoms with E-state index in [1.807, 2.05) is 17.5 Å². The summed E-state index contributed by atoms with van der Waals surface area (Å²) in [6.45, 7) is 3.05. The van der Waals surface area contributed by atoms with Crippen molar-refractivity contribution < 1.29 is 19.1 Å². The van der Waals surface area contributed by atoms with E-state index in [1.165, 1.54) is 41.3 Å². The first-order chi connectivity index (χ1) is 15.3. The number of allylic oxidation sites excluding steroid dienone is 1. The Hall–Kier alpha value is -2.82. The highest BCUT2D eigenvalue weighted by atomic mass is 79.9. The van der Waals surface area contributed by atoms with Crippen LogP contribution >= 0.6 is 38.6 Å². The number of benzene rings is 1. The van der Waals surface area contributed by atoms with Crippen molar-refractivity contribution in [2.45, 2.75) is 19.9 Å². The van der Waals surface area contributed by atoms with Crippen LogP contribution in [0.25, 0.3) is 6.08 Å². The van der Waals surface area contributed by atoms with Crippen LogP contribution in [0.2, 0.25) is 0 Å². The number of rotatable bonds is 4. The van der Waals surface area contributed by atoms with Gasteiger partial charge in [-0.05, 0) is 42.6 Å². The highest BCUT2D eigenvalue weighted by molar-refractivity contribution is 9.10. The number of thiazole rings is 1. The van der Waals surface area contributed by atoms with E-state index in [4.69, 9.17) is 9.47 Å². The second-order valence-corrected chi connectivity index (χ2v) is 9.77. The molecule has 32 heavy (non-hydrogen) atoms. The Labute approximate surface area is 199 Å². The summed E-state index contributed by atoms with van der Waals surface area (Å²) >= 11 is 6.07. The molecule has 164 valence electrons. The molecule has 3 aromatic rings. The summed E-state index contributed by atoms with van der Waals surface area (Å²) in [7, 11) is 1.31. The lowest BCUT2D eigenvalue weighted by molar-refractivity contribution is -0.136. The van der Waals surface area contributed by atoms with Crippen LogP contribution in [0.3, 0.4) is 0 Å². The average molecular weight is 533 g/mol. The highest BCUT2D eigenvalue weighted by Crippen LogP contribution is 2.33. The zero-order chi connectivity index (χ0) is 23.0. The normalized spacial score (nSPS) is 15.9. The standard InChI is InChI=1S/C22H17BrN2O5S2/c1-11-18(21(28)29-3)19(16-5-4-8-31-16)25-20(27)17(32-22(25)24-11)10-13-9-14(23)6-7-15(13)30-12(2)26/h4-10,19H,1-3H3/t19-/m0/s1. The van der Waals surface area contributed by atoms with E-state index in [9.17, 15) is 14.4 Å². The van der Waals surface area contributed by atoms with Crippen molar-refractivity contribution in [3.63, 3.8) is 0 Å². The van der Waals surface area contributed by atoms with Crippen molar-refractivity contribution in [2.75, 3.05) is 7.11 Å². The lowest BCUT2D eigenvalue weighted by Gasteiger charge is -2.22. The van der Waals surface area contributed by atoms with Crippen LogP contribution in [0.1, 0.15) is 30.3 Å². The SMILES string of the molecule is COC(=O)C1=C(C)N=c2sc(=Cc3cc(Br)ccc3OC(C)=O)c(=O)n2[C@H]1c1cccs1. The summed E-state index contributed by atoms with van der Waals surface area (Å²) in [5, 5.41) is 1.89. The number of ether oxygens (including phenoxy) is 2. The molecule has 7 nitrogen and oxygen atoms in total. The number of hydrogen-bond acceptors (Lipinski definition) is 8. The van der Waals surface area contributed by atoms with E-state index < -0.39 is 18.0 Å². The first-order valence-corrected chi connectivity index (χ1v) is 11.9. The summed E-state index contributed by atoms with van der Waals surface area (Å²) in [5.74, 6) is -0.643. The third-order valence-electron chi connectivity index (χ3n) is 4.75. The maximum absolute atomic E-state index is 13.5. The molecular formula is C22H17BrN2O5S2. The molecule has 10 heteroatoms. The van der Waals surface area contributed by atoms with E-state index in [2.05, 4.69) is 20.9 Å². The number of aromatic nitrogens is 1. The molecule has 0 saturated heterocycles. The van der Waals surface area contributed by atoms with Crippen LogP contribution in [-0.4, -0.2) is 23.6 Å². The minimum Gasteiger partial charge on any atom is -0.466 e. The molecule has 2 aromatic heterocycles. The van der Waals surface area contributed by atoms with Crippen LogP contribution in [0.4, 0.5) is 0 Å². The molecule has 3 heterocycles. The second kappa shape index (κ2) is 8.97. The summed E-state index contributed by atoms with van der Waals surface area (Å²) in [6.07, 6.45) is 1.66. The fourth-order valence-corrected chi connectivity index (χ4v) is 5.67. The predicted octanol–water partition coefficient (Wildman–Crippen LogP) is 3.16. The maximum atomic E-state index is 13.5. The number of nitrogens with zero attached hydrogens (tertiary/aromatic N) is 2. The molecule has 0 bridgehead atoms. The zero-order valence-electron chi connectivity index (χ0n) is 17.2. The predicted molar refractivity (Wildman–Crippen MR) is 126 cm³/mol. The molecule has 0 saturated carbocycles. The van der Waals surface area contributed by atoms with Crippen LogP contribution < -0.4 is 19.6 Å². The van der Waals surface area contributed by atoms with Crippen LogP contribution in [0, 0.1) is 0 Å². The Morgan fingerprint density at radius 3 is 2.72 bits per heavy atom. The topological polar surface area (TPSA) is 87.0 Å². The fraction of sp³-hybridized carbons (Fsp3) is 0.182. The van der Waals surface area contributed by atoms with Gasteiger partial charge in [0.05, 0.1) is 22.9 Å². The number of hydrogen-bond donors (Lipinski definition) is 0. The molecule has 0 fully saturated rings. The number of esters is 2. The third-order valence-corrected chi connectivity index (χ3v) is 7.15. The van der Waals surface area contributed by atoms with Gasteiger partial charge in [-0.3, -0.25) is 14.2 Å². The molecule has 1 aliphatic heterocycles. The molecule has 4 rings (SSSR count). The smallest absolute Gasteiger partial charge is 0.338 e. The van der Waals surface area contributed by atoms with Crippen molar-refractivity contribution in [1.29, 1.82) is 0 Å². The van der Waals surface area contributed by atoms with Gasteiger partial charge in [-0.15, -0.1) is 11.3 Å². The quantitative estimate of drug-likeness (QED) is 0.380. The number of methoxy groups -OCH3 is 1. The van der Waals surface area contributed by atoms with Crippen molar-refractivity contribution in [3.8, 4) is 5.75 Å². The lowest BCUT2D eigenvalue weighted by atomic mass is 10.0. The van der Waals surface area contributed by atoms with Crippen LogP contribution in [0.5, 0.6) is 5.75 Å². The van der Waals surface area contributed by atoms with Crippen molar-refractivity contribution in [1.82, 2.24) is 4.57 Å². The Bertz CT molecular complexity index is 1430. The minimum absolute atomic E-state index is 0.296. The van der Waals surface area contributed by atoms with Gasteiger partial charge in [-0.2, -0.15) is 0 Å². The molecule has 0 amide bonds. The van der Waals surface area contributed by atoms with Crippen molar-refractivity contribution in [2.24, 2.45) is 4.99 Å². The summed E-state index contributed by atoms with van der Waals surface area (Å²) in [5.41, 5.74) is 1.11. The number of carbonyl (C=O) groups excluding carboxylic acids is 2. The van der Waals surface area contributed by atoms with Crippen LogP contribution in [-0.2, 0) is 14.3 Å². The Morgan fingerprint density at radius 2 is 2.06 bits per heavy atom. The van der Waals surface area contributed by atoms with Gasteiger partial charge in [0.15, 0.2) is 4.80 Å². The molecule has 0 N–H and O–H groups in total. The molecule has 1 aromatic carbocycles. The first-order valence-electron chi connectivity index (χ1n) is 9.42. The lowest BCUT2D eigenvalue weighted by Crippen LogP contribution is -2.39. The van der Waals surface area contributed by atoms with Crippen molar-refractivity contribution >= 4 is 56.6 Å². The average Bonchev–Trinajstić information content (AvgIpc) is 3.37. The molecule has 0 spiro atoms. The molecular weight excluding hydrogens is 516 g/mol. The Kier molecular flexibility index (Phi) is 6.27. The number of carbonyl (C=O) groups is 2. The first kappa shape index (κ1) is 22.4. The van der Waals surface area contributed by atoms with Gasteiger partial charge in [-0.25, -0.2) is 9.79 Å². The van der Waals surface area contributed by atoms with E-state index in [0.29, 0.717) is 31.9 Å². The number of halogens is 1. The van der Waals surface area contributed by atoms with Gasteiger partial charge in [0.1, 0.15) is 11.8 Å². The molecule has 0 aliphatic carbocycles. The van der Waals surface area contributed by atoms with Gasteiger partial charge >= 0.3 is 11.9 Å². The van der Waals surface area contributed by atoms with E-state index in [1.54, 1.807) is 31.2 Å². The van der Waals surface area contributed by atoms with Crippen molar-refractivity contribution in [3.05, 3.63) is 81.6 Å². The van der Waals surface area contributed by atoms with Crippen LogP contribution in [0.15, 0.2) is 61.2 Å². The largest absolute Gasteiger partial charge is 0.466 e. The maximum Gasteiger partial charge on any atom is 0.338 e. The number of fused-ring (bicyclic) bond motifs is 1. The van der Waals surface area contributed by atoms with E-state index >= 15 is 0 Å². The van der Waals surface area contributed by atoms with Gasteiger partial charge in [-0.1, -0.05) is 33.3 Å². The Morgan fingerprint density at radius 1 is 1.28 bits per heavy atom. The molecule has 0 radical (unpaired) electrons. The summed E-state index contributed by atoms with van der Waals surface area (Å²) < 4.78 is 13.0. The van der Waals surface area contributed by atoms with E-state index in [0.717, 1.165) is 9.35 Å².